The fourth-order valence-corrected chi connectivity index (χ4v) is 1.08. The van der Waals surface area contributed by atoms with Crippen LogP contribution in [0.1, 0.15) is 17.3 Å². The van der Waals surface area contributed by atoms with Crippen molar-refractivity contribution >= 4 is 17.8 Å². The van der Waals surface area contributed by atoms with E-state index in [0.717, 1.165) is 6.07 Å². The number of hydrogen-bond donors (Lipinski definition) is 0. The van der Waals surface area contributed by atoms with Gasteiger partial charge in [-0.3, -0.25) is 10.1 Å². The highest BCUT2D eigenvalue weighted by Crippen LogP contribution is 2.18. The van der Waals surface area contributed by atoms with Crippen LogP contribution in [-0.2, 0) is 9.47 Å². The summed E-state index contributed by atoms with van der Waals surface area (Å²) < 4.78 is 8.65. The van der Waals surface area contributed by atoms with E-state index in [4.69, 9.17) is 0 Å². The van der Waals surface area contributed by atoms with Crippen LogP contribution in [0.25, 0.3) is 0 Å². The molecular weight excluding hydrogens is 230 g/mol. The minimum absolute atomic E-state index is 0.0446. The maximum Gasteiger partial charge on any atom is 0.516 e. The number of rotatable bonds is 3. The Morgan fingerprint density at radius 1 is 1.35 bits per heavy atom. The number of ether oxygens (including phenoxy) is 2. The van der Waals surface area contributed by atoms with E-state index in [9.17, 15) is 19.7 Å². The van der Waals surface area contributed by atoms with Gasteiger partial charge >= 0.3 is 12.1 Å². The number of carbonyl (C=O) groups excluding carboxylic acids is 2. The van der Waals surface area contributed by atoms with Gasteiger partial charge in [-0.05, 0) is 13.0 Å². The topological polar surface area (TPSA) is 95.7 Å². The van der Waals surface area contributed by atoms with Gasteiger partial charge in [0.05, 0.1) is 11.5 Å². The molecule has 90 valence electrons. The zero-order valence-electron chi connectivity index (χ0n) is 8.91. The molecule has 17 heavy (non-hydrogen) atoms. The van der Waals surface area contributed by atoms with Gasteiger partial charge in [-0.25, -0.2) is 9.59 Å². The number of para-hydroxylation sites is 1. The van der Waals surface area contributed by atoms with Crippen LogP contribution in [0.5, 0.6) is 0 Å². The minimum Gasteiger partial charge on any atom is -0.434 e. The summed E-state index contributed by atoms with van der Waals surface area (Å²) in [6, 6.07) is 5.16. The van der Waals surface area contributed by atoms with Crippen molar-refractivity contribution in [3.63, 3.8) is 0 Å². The fourth-order valence-electron chi connectivity index (χ4n) is 1.08. The van der Waals surface area contributed by atoms with E-state index >= 15 is 0 Å². The molecule has 1 aromatic rings. The molecule has 7 nitrogen and oxygen atoms in total. The van der Waals surface area contributed by atoms with Crippen molar-refractivity contribution in [1.82, 2.24) is 0 Å². The summed E-state index contributed by atoms with van der Waals surface area (Å²) in [7, 11) is 0. The fraction of sp³-hybridized carbons (Fsp3) is 0.200. The first kappa shape index (κ1) is 12.6. The second-order valence-electron chi connectivity index (χ2n) is 2.85. The van der Waals surface area contributed by atoms with Gasteiger partial charge in [0.2, 0.25) is 0 Å². The van der Waals surface area contributed by atoms with Crippen molar-refractivity contribution < 1.29 is 24.0 Å². The Kier molecular flexibility index (Phi) is 4.15. The first-order chi connectivity index (χ1) is 8.06. The summed E-state index contributed by atoms with van der Waals surface area (Å²) in [6.45, 7) is 1.58. The van der Waals surface area contributed by atoms with Crippen LogP contribution in [0.3, 0.4) is 0 Å². The van der Waals surface area contributed by atoms with Crippen LogP contribution in [0.15, 0.2) is 24.3 Å². The molecule has 1 rings (SSSR count). The third-order valence-electron chi connectivity index (χ3n) is 1.76. The van der Waals surface area contributed by atoms with E-state index in [1.165, 1.54) is 25.1 Å². The normalized spacial score (nSPS) is 9.47. The molecule has 1 aromatic carbocycles. The third-order valence-corrected chi connectivity index (χ3v) is 1.76. The molecule has 7 heteroatoms. The van der Waals surface area contributed by atoms with Crippen molar-refractivity contribution in [2.45, 2.75) is 6.92 Å². The number of carbonyl (C=O) groups is 2. The molecule has 0 radical (unpaired) electrons. The monoisotopic (exact) mass is 239 g/mol. The maximum absolute atomic E-state index is 11.4. The number of benzene rings is 1. The molecule has 0 atom stereocenters. The second kappa shape index (κ2) is 5.59. The van der Waals surface area contributed by atoms with Gasteiger partial charge < -0.3 is 9.47 Å². The molecule has 0 aliphatic heterocycles. The Labute approximate surface area is 96.1 Å². The average Bonchev–Trinajstić information content (AvgIpc) is 2.29. The lowest BCUT2D eigenvalue weighted by molar-refractivity contribution is -0.385. The van der Waals surface area contributed by atoms with Crippen molar-refractivity contribution in [3.8, 4) is 0 Å². The number of hydrogen-bond acceptors (Lipinski definition) is 6. The van der Waals surface area contributed by atoms with Crippen molar-refractivity contribution in [3.05, 3.63) is 39.9 Å². The molecule has 0 fully saturated rings. The van der Waals surface area contributed by atoms with Crippen molar-refractivity contribution in [2.75, 3.05) is 6.61 Å². The average molecular weight is 239 g/mol. The second-order valence-corrected chi connectivity index (χ2v) is 2.85. The summed E-state index contributed by atoms with van der Waals surface area (Å²) in [5.41, 5.74) is -0.729. The van der Waals surface area contributed by atoms with Crippen LogP contribution in [0.2, 0.25) is 0 Å². The molecule has 0 spiro atoms. The van der Waals surface area contributed by atoms with Gasteiger partial charge in [0.25, 0.3) is 5.69 Å². The third kappa shape index (κ3) is 3.26. The smallest absolute Gasteiger partial charge is 0.434 e. The summed E-state index contributed by atoms with van der Waals surface area (Å²) in [4.78, 5) is 32.2. The van der Waals surface area contributed by atoms with E-state index < -0.39 is 22.7 Å². The lowest BCUT2D eigenvalue weighted by Crippen LogP contribution is -2.15. The lowest BCUT2D eigenvalue weighted by Gasteiger charge is -2.03. The zero-order valence-corrected chi connectivity index (χ0v) is 8.91. The van der Waals surface area contributed by atoms with Crippen LogP contribution < -0.4 is 0 Å². The number of esters is 1. The van der Waals surface area contributed by atoms with E-state index in [2.05, 4.69) is 9.47 Å². The molecule has 0 heterocycles. The van der Waals surface area contributed by atoms with Crippen LogP contribution in [-0.4, -0.2) is 23.7 Å². The molecular formula is C10H9NO6. The zero-order chi connectivity index (χ0) is 12.8. The first-order valence-electron chi connectivity index (χ1n) is 4.68. The molecule has 0 bridgehead atoms. The van der Waals surface area contributed by atoms with Crippen LogP contribution in [0.4, 0.5) is 10.5 Å². The van der Waals surface area contributed by atoms with Gasteiger partial charge in [0.15, 0.2) is 0 Å². The predicted molar refractivity (Wildman–Crippen MR) is 55.5 cm³/mol. The maximum atomic E-state index is 11.4. The molecule has 0 unspecified atom stereocenters. The van der Waals surface area contributed by atoms with Gasteiger partial charge in [0.1, 0.15) is 5.56 Å². The number of nitro benzene ring substituents is 1. The Hall–Kier alpha value is -2.44. The molecule has 0 N–H and O–H groups in total. The first-order valence-corrected chi connectivity index (χ1v) is 4.68. The quantitative estimate of drug-likeness (QED) is 0.346. The summed E-state index contributed by atoms with van der Waals surface area (Å²) >= 11 is 0. The highest BCUT2D eigenvalue weighted by atomic mass is 16.7. The summed E-state index contributed by atoms with van der Waals surface area (Å²) in [5.74, 6) is -1.12. The van der Waals surface area contributed by atoms with Gasteiger partial charge in [-0.2, -0.15) is 0 Å². The molecule has 0 amide bonds. The largest absolute Gasteiger partial charge is 0.516 e. The Balaban J connectivity index is 2.89. The standard InChI is InChI=1S/C10H9NO6/c1-2-16-10(13)17-9(12)7-5-3-4-6-8(7)11(14)15/h3-6H,2H2,1H3. The Bertz CT molecular complexity index is 456. The molecule has 0 saturated carbocycles. The number of nitro groups is 1. The van der Waals surface area contributed by atoms with E-state index in [0.29, 0.717) is 0 Å². The van der Waals surface area contributed by atoms with Gasteiger partial charge in [-0.1, -0.05) is 12.1 Å². The molecule has 0 saturated heterocycles. The summed E-state index contributed by atoms with van der Waals surface area (Å²) in [5, 5.41) is 10.6. The minimum atomic E-state index is -1.18. The predicted octanol–water partition coefficient (Wildman–Crippen LogP) is 1.91. The SMILES string of the molecule is CCOC(=O)OC(=O)c1ccccc1[N+](=O)[O-]. The molecule has 0 aromatic heterocycles. The molecule has 0 aliphatic carbocycles. The highest BCUT2D eigenvalue weighted by Gasteiger charge is 2.23. The van der Waals surface area contributed by atoms with E-state index in [1.54, 1.807) is 0 Å². The summed E-state index contributed by atoms with van der Waals surface area (Å²) in [6.07, 6.45) is -1.18. The van der Waals surface area contributed by atoms with Gasteiger partial charge in [-0.15, -0.1) is 0 Å². The lowest BCUT2D eigenvalue weighted by atomic mass is 10.2. The van der Waals surface area contributed by atoms with Crippen molar-refractivity contribution in [1.29, 1.82) is 0 Å². The van der Waals surface area contributed by atoms with Gasteiger partial charge in [0, 0.05) is 6.07 Å². The number of nitrogens with zero attached hydrogens (tertiary/aromatic N) is 1. The van der Waals surface area contributed by atoms with Crippen LogP contribution >= 0.6 is 0 Å². The van der Waals surface area contributed by atoms with Crippen molar-refractivity contribution in [2.24, 2.45) is 0 Å². The Morgan fingerprint density at radius 3 is 2.59 bits per heavy atom. The molecule has 0 aliphatic rings. The van der Waals surface area contributed by atoms with E-state index in [1.807, 2.05) is 0 Å². The van der Waals surface area contributed by atoms with E-state index in [-0.39, 0.29) is 12.2 Å². The Morgan fingerprint density at radius 2 is 2.00 bits per heavy atom. The highest BCUT2D eigenvalue weighted by molar-refractivity contribution is 5.98. The van der Waals surface area contributed by atoms with Crippen LogP contribution in [0, 0.1) is 10.1 Å².